The number of hydrogen-bond acceptors (Lipinski definition) is 6. The molecule has 0 spiro atoms. The third kappa shape index (κ3) is 4.52. The summed E-state index contributed by atoms with van der Waals surface area (Å²) in [4.78, 5) is 15.7. The second-order valence-corrected chi connectivity index (χ2v) is 6.79. The van der Waals surface area contributed by atoms with Crippen LogP contribution in [0, 0.1) is 0 Å². The average Bonchev–Trinajstić information content (AvgIpc) is 2.81. The summed E-state index contributed by atoms with van der Waals surface area (Å²) in [6.07, 6.45) is 3.11. The third-order valence-corrected chi connectivity index (χ3v) is 5.75. The first-order valence-corrected chi connectivity index (χ1v) is 9.12. The van der Waals surface area contributed by atoms with E-state index in [0.717, 1.165) is 29.4 Å². The van der Waals surface area contributed by atoms with E-state index < -0.39 is 0 Å². The molecule has 0 aliphatic heterocycles. The molecule has 0 radical (unpaired) electrons. The summed E-state index contributed by atoms with van der Waals surface area (Å²) in [5.74, 6) is -0.127. The van der Waals surface area contributed by atoms with E-state index >= 15 is 0 Å². The Balaban J connectivity index is 2.73. The molecule has 21 heavy (non-hydrogen) atoms. The van der Waals surface area contributed by atoms with Gasteiger partial charge in [-0.3, -0.25) is 4.79 Å². The van der Waals surface area contributed by atoms with Gasteiger partial charge in [-0.2, -0.15) is 0 Å². The van der Waals surface area contributed by atoms with E-state index in [9.17, 15) is 4.79 Å². The highest BCUT2D eigenvalue weighted by molar-refractivity contribution is 7.99. The van der Waals surface area contributed by atoms with Crippen molar-refractivity contribution in [2.24, 2.45) is 0 Å². The summed E-state index contributed by atoms with van der Waals surface area (Å²) >= 11 is 2.99. The van der Waals surface area contributed by atoms with Crippen molar-refractivity contribution in [3.05, 3.63) is 4.88 Å². The first kappa shape index (κ1) is 18.1. The fraction of sp³-hybridized carbons (Fsp3) is 0.643. The van der Waals surface area contributed by atoms with Crippen LogP contribution < -0.4 is 16.4 Å². The number of rotatable bonds is 8. The number of nitrogen functional groups attached to an aromatic ring is 1. The van der Waals surface area contributed by atoms with Crippen molar-refractivity contribution < 1.29 is 4.79 Å². The highest BCUT2D eigenvalue weighted by atomic mass is 32.2. The first-order chi connectivity index (χ1) is 9.96. The number of nitrogens with one attached hydrogen (secondary N) is 2. The van der Waals surface area contributed by atoms with Crippen LogP contribution in [0.25, 0.3) is 0 Å². The lowest BCUT2D eigenvalue weighted by molar-refractivity contribution is 0.0968. The molecule has 1 atom stereocenters. The fourth-order valence-corrected chi connectivity index (χ4v) is 3.91. The molecule has 1 aromatic rings. The largest absolute Gasteiger partial charge is 0.396 e. The number of thiophene rings is 1. The number of hydrogen-bond donors (Lipinski definition) is 3. The summed E-state index contributed by atoms with van der Waals surface area (Å²) in [7, 11) is 3.75. The Kier molecular flexibility index (Phi) is 7.34. The molecular weight excluding hydrogens is 304 g/mol. The zero-order chi connectivity index (χ0) is 16.0. The number of anilines is 2. The average molecular weight is 331 g/mol. The number of nitrogens with zero attached hydrogens (tertiary/aromatic N) is 1. The Morgan fingerprint density at radius 3 is 2.71 bits per heavy atom. The summed E-state index contributed by atoms with van der Waals surface area (Å²) < 4.78 is 0. The van der Waals surface area contributed by atoms with Crippen LogP contribution >= 0.6 is 23.1 Å². The van der Waals surface area contributed by atoms with E-state index in [-0.39, 0.29) is 5.91 Å². The molecule has 0 bridgehead atoms. The highest BCUT2D eigenvalue weighted by Gasteiger charge is 2.19. The highest BCUT2D eigenvalue weighted by Crippen LogP contribution is 2.41. The van der Waals surface area contributed by atoms with E-state index in [1.165, 1.54) is 11.3 Å². The van der Waals surface area contributed by atoms with Gasteiger partial charge in [0.25, 0.3) is 5.91 Å². The van der Waals surface area contributed by atoms with Crippen molar-refractivity contribution in [2.45, 2.75) is 31.2 Å². The molecule has 0 fully saturated rings. The van der Waals surface area contributed by atoms with Gasteiger partial charge < -0.3 is 21.3 Å². The summed E-state index contributed by atoms with van der Waals surface area (Å²) in [6.45, 7) is 6.20. The summed E-state index contributed by atoms with van der Waals surface area (Å²) in [5.41, 5.74) is 6.64. The van der Waals surface area contributed by atoms with Crippen LogP contribution in [-0.2, 0) is 0 Å². The normalized spacial score (nSPS) is 12.5. The zero-order valence-electron chi connectivity index (χ0n) is 13.4. The lowest BCUT2D eigenvalue weighted by atomic mass is 10.2. The Morgan fingerprint density at radius 1 is 1.52 bits per heavy atom. The van der Waals surface area contributed by atoms with Crippen LogP contribution in [0.5, 0.6) is 0 Å². The molecule has 1 heterocycles. The maximum atomic E-state index is 11.8. The van der Waals surface area contributed by atoms with Crippen molar-refractivity contribution in [1.29, 1.82) is 0 Å². The van der Waals surface area contributed by atoms with E-state index in [1.54, 1.807) is 18.8 Å². The minimum atomic E-state index is -0.127. The Hall–Kier alpha value is -0.920. The molecule has 4 N–H and O–H groups in total. The van der Waals surface area contributed by atoms with Gasteiger partial charge in [0, 0.05) is 26.2 Å². The van der Waals surface area contributed by atoms with Crippen LogP contribution in [-0.4, -0.2) is 50.3 Å². The second-order valence-electron chi connectivity index (χ2n) is 4.95. The smallest absolute Gasteiger partial charge is 0.263 e. The maximum Gasteiger partial charge on any atom is 0.263 e. The van der Waals surface area contributed by atoms with Crippen LogP contribution in [0.2, 0.25) is 0 Å². The lowest BCUT2D eigenvalue weighted by Gasteiger charge is -2.23. The zero-order valence-corrected chi connectivity index (χ0v) is 15.1. The van der Waals surface area contributed by atoms with E-state index in [4.69, 9.17) is 5.73 Å². The number of carbonyl (C=O) groups excluding carboxylic acids is 1. The van der Waals surface area contributed by atoms with Crippen LogP contribution in [0.3, 0.4) is 0 Å². The molecule has 0 saturated carbocycles. The first-order valence-electron chi connectivity index (χ1n) is 7.08. The minimum absolute atomic E-state index is 0.127. The number of amides is 1. The fourth-order valence-electron chi connectivity index (χ4n) is 1.91. The van der Waals surface area contributed by atoms with Crippen LogP contribution in [0.1, 0.15) is 29.9 Å². The Morgan fingerprint density at radius 2 is 2.19 bits per heavy atom. The van der Waals surface area contributed by atoms with Crippen LogP contribution in [0.4, 0.5) is 10.7 Å². The van der Waals surface area contributed by atoms with Gasteiger partial charge in [0.15, 0.2) is 0 Å². The number of carbonyl (C=O) groups is 1. The molecule has 0 aliphatic rings. The SMILES string of the molecule is CCC(C)N(C)CCNc1sc(C(=O)NC)c(N)c1SC. The van der Waals surface area contributed by atoms with Gasteiger partial charge in [0.2, 0.25) is 0 Å². The van der Waals surface area contributed by atoms with Gasteiger partial charge in [-0.25, -0.2) is 0 Å². The number of likely N-dealkylation sites (N-methyl/N-ethyl adjacent to an activating group) is 1. The van der Waals surface area contributed by atoms with Crippen LogP contribution in [0.15, 0.2) is 4.90 Å². The molecule has 0 saturated heterocycles. The predicted octanol–water partition coefficient (Wildman–Crippen LogP) is 2.55. The predicted molar refractivity (Wildman–Crippen MR) is 94.8 cm³/mol. The van der Waals surface area contributed by atoms with Gasteiger partial charge in [-0.15, -0.1) is 23.1 Å². The molecule has 7 heteroatoms. The molecule has 1 amide bonds. The molecule has 0 aromatic carbocycles. The molecule has 0 aliphatic carbocycles. The molecular formula is C14H26N4OS2. The topological polar surface area (TPSA) is 70.4 Å². The van der Waals surface area contributed by atoms with Crippen molar-refractivity contribution in [1.82, 2.24) is 10.2 Å². The van der Waals surface area contributed by atoms with Gasteiger partial charge in [0.05, 0.1) is 10.6 Å². The second kappa shape index (κ2) is 8.51. The van der Waals surface area contributed by atoms with Crippen molar-refractivity contribution in [2.75, 3.05) is 44.5 Å². The molecule has 1 aromatic heterocycles. The van der Waals surface area contributed by atoms with Gasteiger partial charge >= 0.3 is 0 Å². The number of thioether (sulfide) groups is 1. The molecule has 120 valence electrons. The van der Waals surface area contributed by atoms with Crippen molar-refractivity contribution >= 4 is 39.7 Å². The van der Waals surface area contributed by atoms with E-state index in [1.807, 2.05) is 6.26 Å². The molecule has 1 rings (SSSR count). The van der Waals surface area contributed by atoms with Crippen molar-refractivity contribution in [3.63, 3.8) is 0 Å². The molecule has 1 unspecified atom stereocenters. The molecule has 5 nitrogen and oxygen atoms in total. The van der Waals surface area contributed by atoms with Gasteiger partial charge in [-0.1, -0.05) is 6.92 Å². The summed E-state index contributed by atoms with van der Waals surface area (Å²) in [5, 5.41) is 7.02. The quantitative estimate of drug-likeness (QED) is 0.639. The summed E-state index contributed by atoms with van der Waals surface area (Å²) in [6, 6.07) is 0.571. The minimum Gasteiger partial charge on any atom is -0.396 e. The van der Waals surface area contributed by atoms with Gasteiger partial charge in [0.1, 0.15) is 9.88 Å². The van der Waals surface area contributed by atoms with E-state index in [2.05, 4.69) is 36.4 Å². The Bertz CT molecular complexity index is 476. The van der Waals surface area contributed by atoms with Gasteiger partial charge in [-0.05, 0) is 26.6 Å². The lowest BCUT2D eigenvalue weighted by Crippen LogP contribution is -2.32. The standard InChI is InChI=1S/C14H26N4OS2/c1-6-9(2)18(4)8-7-17-14-12(20-5)10(15)11(21-14)13(19)16-3/h9,17H,6-8,15H2,1-5H3,(H,16,19). The van der Waals surface area contributed by atoms with Crippen molar-refractivity contribution in [3.8, 4) is 0 Å². The Labute approximate surface area is 135 Å². The maximum absolute atomic E-state index is 11.8. The van der Waals surface area contributed by atoms with E-state index in [0.29, 0.717) is 16.6 Å². The third-order valence-electron chi connectivity index (χ3n) is 3.63. The number of nitrogens with two attached hydrogens (primary N) is 1. The monoisotopic (exact) mass is 330 g/mol.